The molecule has 2 aliphatic rings. The van der Waals surface area contributed by atoms with Gasteiger partial charge in [-0.2, -0.15) is 0 Å². The Bertz CT molecular complexity index is 759. The van der Waals surface area contributed by atoms with E-state index in [-0.39, 0.29) is 0 Å². The van der Waals surface area contributed by atoms with E-state index in [1.807, 2.05) is 0 Å². The van der Waals surface area contributed by atoms with E-state index in [2.05, 4.69) is 91.1 Å². The summed E-state index contributed by atoms with van der Waals surface area (Å²) in [6.45, 7) is 4.37. The fraction of sp³-hybridized carbons (Fsp3) is 0.333. The van der Waals surface area contributed by atoms with Crippen molar-refractivity contribution >= 4 is 0 Å². The average molecular weight is 329 g/mol. The molecule has 1 N–H and O–H groups in total. The molecule has 2 aromatic rings. The van der Waals surface area contributed by atoms with E-state index in [1.54, 1.807) is 11.1 Å². The van der Waals surface area contributed by atoms with Crippen molar-refractivity contribution in [3.63, 3.8) is 0 Å². The molecule has 0 bridgehead atoms. The highest BCUT2D eigenvalue weighted by Crippen LogP contribution is 2.48. The van der Waals surface area contributed by atoms with Gasteiger partial charge in [-0.05, 0) is 46.8 Å². The molecule has 2 aromatic carbocycles. The molecule has 0 amide bonds. The Kier molecular flexibility index (Phi) is 4.85. The highest BCUT2D eigenvalue weighted by Gasteiger charge is 2.36. The molecule has 1 nitrogen and oxygen atoms in total. The van der Waals surface area contributed by atoms with Gasteiger partial charge in [0.2, 0.25) is 0 Å². The lowest BCUT2D eigenvalue weighted by Gasteiger charge is -2.27. The van der Waals surface area contributed by atoms with Crippen molar-refractivity contribution in [1.29, 1.82) is 0 Å². The maximum atomic E-state index is 3.69. The van der Waals surface area contributed by atoms with Crippen LogP contribution < -0.4 is 5.32 Å². The molecule has 4 unspecified atom stereocenters. The first-order valence-electron chi connectivity index (χ1n) is 9.51. The summed E-state index contributed by atoms with van der Waals surface area (Å²) >= 11 is 0. The molecular formula is C24H27N. The monoisotopic (exact) mass is 329 g/mol. The van der Waals surface area contributed by atoms with E-state index < -0.39 is 0 Å². The lowest BCUT2D eigenvalue weighted by Crippen LogP contribution is -2.21. The molecule has 4 atom stereocenters. The van der Waals surface area contributed by atoms with Crippen LogP contribution in [-0.4, -0.2) is 6.54 Å². The Morgan fingerprint density at radius 2 is 1.60 bits per heavy atom. The van der Waals surface area contributed by atoms with Gasteiger partial charge in [-0.3, -0.25) is 0 Å². The average Bonchev–Trinajstić information content (AvgIpc) is 3.02. The largest absolute Gasteiger partial charge is 0.312 e. The van der Waals surface area contributed by atoms with Gasteiger partial charge in [0, 0.05) is 13.1 Å². The number of rotatable bonds is 5. The lowest BCUT2D eigenvalue weighted by atomic mass is 9.77. The van der Waals surface area contributed by atoms with Crippen LogP contribution in [0, 0.1) is 11.8 Å². The Balaban J connectivity index is 1.47. The Hall–Kier alpha value is -2.12. The van der Waals surface area contributed by atoms with Crippen LogP contribution in [0.15, 0.2) is 78.9 Å². The number of benzene rings is 2. The molecular weight excluding hydrogens is 302 g/mol. The Morgan fingerprint density at radius 1 is 0.880 bits per heavy atom. The van der Waals surface area contributed by atoms with Crippen molar-refractivity contribution in [1.82, 2.24) is 5.32 Å². The fourth-order valence-electron chi connectivity index (χ4n) is 4.56. The van der Waals surface area contributed by atoms with Crippen molar-refractivity contribution in [2.24, 2.45) is 11.8 Å². The van der Waals surface area contributed by atoms with Crippen LogP contribution in [0.1, 0.15) is 41.9 Å². The van der Waals surface area contributed by atoms with E-state index in [0.29, 0.717) is 23.7 Å². The maximum absolute atomic E-state index is 3.69. The number of hydrogen-bond acceptors (Lipinski definition) is 1. The number of allylic oxidation sites excluding steroid dienone is 4. The van der Waals surface area contributed by atoms with E-state index in [1.165, 1.54) is 12.0 Å². The third-order valence-electron chi connectivity index (χ3n) is 5.87. The van der Waals surface area contributed by atoms with Crippen molar-refractivity contribution in [2.45, 2.75) is 31.7 Å². The highest BCUT2D eigenvalue weighted by atomic mass is 14.9. The smallest absolute Gasteiger partial charge is 0.0205 e. The summed E-state index contributed by atoms with van der Waals surface area (Å²) in [5.74, 6) is 2.52. The molecule has 4 rings (SSSR count). The summed E-state index contributed by atoms with van der Waals surface area (Å²) in [6.07, 6.45) is 10.5. The van der Waals surface area contributed by atoms with E-state index in [4.69, 9.17) is 0 Å². The molecule has 1 heteroatoms. The van der Waals surface area contributed by atoms with Gasteiger partial charge in [0.15, 0.2) is 0 Å². The molecule has 0 aromatic heterocycles. The summed E-state index contributed by atoms with van der Waals surface area (Å²) in [5.41, 5.74) is 4.49. The summed E-state index contributed by atoms with van der Waals surface area (Å²) in [5, 5.41) is 3.69. The maximum Gasteiger partial charge on any atom is 0.0205 e. The summed E-state index contributed by atoms with van der Waals surface area (Å²) in [6, 6.07) is 19.8. The SMILES string of the molecule is CC1C=CC=CC1C1CC(CNCc2ccccc2)c2ccccc21. The highest BCUT2D eigenvalue weighted by molar-refractivity contribution is 5.40. The molecule has 25 heavy (non-hydrogen) atoms. The molecule has 2 aliphatic carbocycles. The van der Waals surface area contributed by atoms with Gasteiger partial charge in [-0.25, -0.2) is 0 Å². The van der Waals surface area contributed by atoms with Crippen molar-refractivity contribution in [3.8, 4) is 0 Å². The van der Waals surface area contributed by atoms with Crippen LogP contribution in [0.5, 0.6) is 0 Å². The number of fused-ring (bicyclic) bond motifs is 1. The van der Waals surface area contributed by atoms with Gasteiger partial charge in [-0.1, -0.05) is 85.8 Å². The molecule has 0 aliphatic heterocycles. The third kappa shape index (κ3) is 3.48. The normalized spacial score (nSPS) is 27.4. The zero-order valence-electron chi connectivity index (χ0n) is 14.9. The summed E-state index contributed by atoms with van der Waals surface area (Å²) < 4.78 is 0. The van der Waals surface area contributed by atoms with Gasteiger partial charge in [0.25, 0.3) is 0 Å². The van der Waals surface area contributed by atoms with Crippen molar-refractivity contribution in [3.05, 3.63) is 95.6 Å². The standard InChI is InChI=1S/C24H27N/c1-18-9-5-6-12-21(18)24-15-20(22-13-7-8-14-23(22)24)17-25-16-19-10-3-2-4-11-19/h2-14,18,20-21,24-25H,15-17H2,1H3. The van der Waals surface area contributed by atoms with Gasteiger partial charge in [0.1, 0.15) is 0 Å². The molecule has 0 heterocycles. The zero-order chi connectivity index (χ0) is 17.1. The first-order chi connectivity index (χ1) is 12.3. The second-order valence-corrected chi connectivity index (χ2v) is 7.49. The molecule has 0 fully saturated rings. The number of hydrogen-bond donors (Lipinski definition) is 1. The van der Waals surface area contributed by atoms with Gasteiger partial charge in [0.05, 0.1) is 0 Å². The molecule has 0 saturated carbocycles. The summed E-state index contributed by atoms with van der Waals surface area (Å²) in [7, 11) is 0. The molecule has 128 valence electrons. The zero-order valence-corrected chi connectivity index (χ0v) is 14.9. The third-order valence-corrected chi connectivity index (χ3v) is 5.87. The lowest BCUT2D eigenvalue weighted by molar-refractivity contribution is 0.393. The topological polar surface area (TPSA) is 12.0 Å². The van der Waals surface area contributed by atoms with E-state index in [9.17, 15) is 0 Å². The predicted octanol–water partition coefficient (Wildman–Crippen LogP) is 5.43. The quantitative estimate of drug-likeness (QED) is 0.771. The van der Waals surface area contributed by atoms with Crippen molar-refractivity contribution in [2.75, 3.05) is 6.54 Å². The minimum Gasteiger partial charge on any atom is -0.312 e. The van der Waals surface area contributed by atoms with Gasteiger partial charge < -0.3 is 5.32 Å². The molecule has 0 spiro atoms. The molecule has 0 radical (unpaired) electrons. The van der Waals surface area contributed by atoms with Crippen LogP contribution in [0.4, 0.5) is 0 Å². The van der Waals surface area contributed by atoms with E-state index in [0.717, 1.165) is 13.1 Å². The fourth-order valence-corrected chi connectivity index (χ4v) is 4.56. The number of nitrogens with one attached hydrogen (secondary N) is 1. The van der Waals surface area contributed by atoms with Crippen LogP contribution in [-0.2, 0) is 6.54 Å². The minimum absolute atomic E-state index is 0.622. The Morgan fingerprint density at radius 3 is 2.40 bits per heavy atom. The van der Waals surface area contributed by atoms with Crippen LogP contribution >= 0.6 is 0 Å². The summed E-state index contributed by atoms with van der Waals surface area (Å²) in [4.78, 5) is 0. The predicted molar refractivity (Wildman–Crippen MR) is 106 cm³/mol. The second kappa shape index (κ2) is 7.41. The van der Waals surface area contributed by atoms with Crippen LogP contribution in [0.25, 0.3) is 0 Å². The first kappa shape index (κ1) is 16.4. The van der Waals surface area contributed by atoms with Gasteiger partial charge >= 0.3 is 0 Å². The Labute approximate surface area is 151 Å². The first-order valence-corrected chi connectivity index (χ1v) is 9.51. The van der Waals surface area contributed by atoms with Crippen LogP contribution in [0.2, 0.25) is 0 Å². The van der Waals surface area contributed by atoms with Crippen molar-refractivity contribution < 1.29 is 0 Å². The van der Waals surface area contributed by atoms with Crippen LogP contribution in [0.3, 0.4) is 0 Å². The van der Waals surface area contributed by atoms with E-state index >= 15 is 0 Å². The van der Waals surface area contributed by atoms with Gasteiger partial charge in [-0.15, -0.1) is 0 Å². The molecule has 0 saturated heterocycles. The second-order valence-electron chi connectivity index (χ2n) is 7.49. The minimum atomic E-state index is 0.622.